The summed E-state index contributed by atoms with van der Waals surface area (Å²) in [4.78, 5) is 21.2. The lowest BCUT2D eigenvalue weighted by atomic mass is 10.2. The molecule has 0 radical (unpaired) electrons. The van der Waals surface area contributed by atoms with Gasteiger partial charge in [0, 0.05) is 35.2 Å². The summed E-state index contributed by atoms with van der Waals surface area (Å²) in [6, 6.07) is 3.62. The Morgan fingerprint density at radius 3 is 2.87 bits per heavy atom. The Labute approximate surface area is 187 Å². The van der Waals surface area contributed by atoms with E-state index in [9.17, 15) is 4.79 Å². The number of rotatable bonds is 7. The van der Waals surface area contributed by atoms with Gasteiger partial charge in [0.1, 0.15) is 0 Å². The normalized spacial score (nSPS) is 14.2. The summed E-state index contributed by atoms with van der Waals surface area (Å²) < 4.78 is 10.7. The zero-order valence-corrected chi connectivity index (χ0v) is 18.6. The van der Waals surface area contributed by atoms with E-state index in [1.54, 1.807) is 30.5 Å². The number of amides is 1. The summed E-state index contributed by atoms with van der Waals surface area (Å²) in [5.41, 5.74) is 3.02. The number of hydrogen-bond acceptors (Lipinski definition) is 5. The molecule has 162 valence electrons. The van der Waals surface area contributed by atoms with E-state index in [1.807, 2.05) is 38.1 Å². The van der Waals surface area contributed by atoms with Crippen LogP contribution < -0.4 is 5.32 Å². The van der Waals surface area contributed by atoms with Gasteiger partial charge in [-0.05, 0) is 42.9 Å². The van der Waals surface area contributed by atoms with Crippen LogP contribution in [0.1, 0.15) is 26.2 Å². The van der Waals surface area contributed by atoms with Crippen LogP contribution in [-0.4, -0.2) is 29.6 Å². The Hall–Kier alpha value is -3.22. The monoisotopic (exact) mass is 439 g/mol. The Morgan fingerprint density at radius 1 is 1.35 bits per heavy atom. The van der Waals surface area contributed by atoms with E-state index in [0.717, 1.165) is 5.57 Å². The van der Waals surface area contributed by atoms with Crippen molar-refractivity contribution in [3.8, 4) is 0 Å². The molecule has 7 heteroatoms. The number of carbonyl (C=O) groups is 1. The van der Waals surface area contributed by atoms with E-state index >= 15 is 0 Å². The van der Waals surface area contributed by atoms with Crippen LogP contribution in [-0.2, 0) is 9.53 Å². The third-order valence-electron chi connectivity index (χ3n) is 3.94. The molecule has 1 N–H and O–H groups in total. The minimum absolute atomic E-state index is 0.221. The molecule has 0 aliphatic heterocycles. The Bertz CT molecular complexity index is 1040. The molecule has 6 nitrogen and oxygen atoms in total. The Morgan fingerprint density at radius 2 is 2.16 bits per heavy atom. The van der Waals surface area contributed by atoms with Crippen LogP contribution >= 0.6 is 11.6 Å². The summed E-state index contributed by atoms with van der Waals surface area (Å²) in [7, 11) is 1.53. The van der Waals surface area contributed by atoms with Gasteiger partial charge >= 0.3 is 0 Å². The van der Waals surface area contributed by atoms with Crippen LogP contribution in [0, 0.1) is 0 Å². The van der Waals surface area contributed by atoms with Crippen LogP contribution in [0.25, 0.3) is 16.8 Å². The van der Waals surface area contributed by atoms with Gasteiger partial charge in [-0.3, -0.25) is 4.79 Å². The minimum atomic E-state index is -0.301. The number of allylic oxidation sites excluding steroid dienone is 7. The smallest absolute Gasteiger partial charge is 0.255 e. The number of aromatic nitrogens is 2. The summed E-state index contributed by atoms with van der Waals surface area (Å²) in [5.74, 6) is 0.182. The molecule has 0 fully saturated rings. The largest absolute Gasteiger partial charge is 0.434 e. The first kappa shape index (κ1) is 24.1. The molecule has 0 spiro atoms. The lowest BCUT2D eigenvalue weighted by Gasteiger charge is -2.07. The fourth-order valence-corrected chi connectivity index (χ4v) is 2.87. The maximum atomic E-state index is 12.6. The highest BCUT2D eigenvalue weighted by molar-refractivity contribution is 6.30. The molecule has 0 atom stereocenters. The van der Waals surface area contributed by atoms with Crippen molar-refractivity contribution in [2.45, 2.75) is 20.3 Å². The molecule has 0 saturated carbocycles. The second-order valence-corrected chi connectivity index (χ2v) is 6.55. The van der Waals surface area contributed by atoms with Gasteiger partial charge in [0.2, 0.25) is 5.89 Å². The van der Waals surface area contributed by atoms with Crippen molar-refractivity contribution in [3.05, 3.63) is 89.6 Å². The van der Waals surface area contributed by atoms with Crippen molar-refractivity contribution >= 4 is 34.3 Å². The zero-order valence-electron chi connectivity index (χ0n) is 17.9. The predicted molar refractivity (Wildman–Crippen MR) is 125 cm³/mol. The predicted octanol–water partition coefficient (Wildman–Crippen LogP) is 5.47. The molecular formula is C24H26ClN3O3. The molecule has 2 heterocycles. The lowest BCUT2D eigenvalue weighted by Crippen LogP contribution is -2.23. The molecule has 0 aromatic carbocycles. The van der Waals surface area contributed by atoms with E-state index in [4.69, 9.17) is 20.8 Å². The van der Waals surface area contributed by atoms with Gasteiger partial charge in [-0.15, -0.1) is 0 Å². The summed E-state index contributed by atoms with van der Waals surface area (Å²) in [6.07, 6.45) is 14.4. The van der Waals surface area contributed by atoms with Crippen molar-refractivity contribution in [1.82, 2.24) is 15.3 Å². The first-order chi connectivity index (χ1) is 15.1. The average Bonchev–Trinajstić information content (AvgIpc) is 3.07. The first-order valence-electron chi connectivity index (χ1n) is 9.90. The minimum Gasteiger partial charge on any atom is -0.434 e. The van der Waals surface area contributed by atoms with Crippen LogP contribution in [0.15, 0.2) is 88.2 Å². The van der Waals surface area contributed by atoms with Crippen molar-refractivity contribution < 1.29 is 13.9 Å². The standard InChI is InChI=1S/C22H20ClN3O3.C2H6/c1-3-6-16(13-17(23)14-28-2)21(27)25-18-8-4-7-15(10-11-18)22-26-20-19(29-22)9-5-12-24-20;1-2/h3,5-13H,1,4,14H2,2H3,(H,25,27);1-2H3/b16-6+,17-13+;. The maximum Gasteiger partial charge on any atom is 0.255 e. The van der Waals surface area contributed by atoms with Gasteiger partial charge in [-0.1, -0.05) is 50.3 Å². The molecule has 0 saturated heterocycles. The number of nitrogens with zero attached hydrogens (tertiary/aromatic N) is 2. The third-order valence-corrected chi connectivity index (χ3v) is 4.16. The van der Waals surface area contributed by atoms with Crippen molar-refractivity contribution in [2.75, 3.05) is 13.7 Å². The van der Waals surface area contributed by atoms with Gasteiger partial charge in [0.25, 0.3) is 5.91 Å². The number of methoxy groups -OCH3 is 1. The lowest BCUT2D eigenvalue weighted by molar-refractivity contribution is -0.116. The van der Waals surface area contributed by atoms with Crippen molar-refractivity contribution in [3.63, 3.8) is 0 Å². The highest BCUT2D eigenvalue weighted by Gasteiger charge is 2.12. The molecular weight excluding hydrogens is 414 g/mol. The second kappa shape index (κ2) is 12.5. The van der Waals surface area contributed by atoms with Crippen LogP contribution in [0.4, 0.5) is 0 Å². The molecule has 0 unspecified atom stereocenters. The molecule has 1 aliphatic carbocycles. The Balaban J connectivity index is 0.00000166. The van der Waals surface area contributed by atoms with E-state index in [0.29, 0.717) is 39.8 Å². The zero-order chi connectivity index (χ0) is 22.6. The quantitative estimate of drug-likeness (QED) is 0.457. The second-order valence-electron chi connectivity index (χ2n) is 6.07. The number of pyridine rings is 1. The van der Waals surface area contributed by atoms with Gasteiger partial charge < -0.3 is 14.5 Å². The van der Waals surface area contributed by atoms with Crippen LogP contribution in [0.5, 0.6) is 0 Å². The highest BCUT2D eigenvalue weighted by Crippen LogP contribution is 2.23. The molecule has 1 aliphatic rings. The number of halogens is 1. The Kier molecular flexibility index (Phi) is 9.68. The summed E-state index contributed by atoms with van der Waals surface area (Å²) in [5, 5.41) is 3.28. The SMILES string of the molecule is C=C/C=C(\C=C(\Cl)COC)C(=O)NC1=CCC=C(c2nc3ncccc3o2)C=C1.CC. The van der Waals surface area contributed by atoms with E-state index in [1.165, 1.54) is 13.2 Å². The average molecular weight is 440 g/mol. The number of hydrogen-bond donors (Lipinski definition) is 1. The maximum absolute atomic E-state index is 12.6. The number of carbonyl (C=O) groups excluding carboxylic acids is 1. The van der Waals surface area contributed by atoms with E-state index in [2.05, 4.69) is 21.9 Å². The highest BCUT2D eigenvalue weighted by atomic mass is 35.5. The van der Waals surface area contributed by atoms with Crippen molar-refractivity contribution in [1.29, 1.82) is 0 Å². The summed E-state index contributed by atoms with van der Waals surface area (Å²) in [6.45, 7) is 7.86. The van der Waals surface area contributed by atoms with Gasteiger partial charge in [-0.25, -0.2) is 4.98 Å². The number of ether oxygens (including phenoxy) is 1. The van der Waals surface area contributed by atoms with Gasteiger partial charge in [-0.2, -0.15) is 4.98 Å². The van der Waals surface area contributed by atoms with E-state index in [-0.39, 0.29) is 12.5 Å². The summed E-state index contributed by atoms with van der Waals surface area (Å²) >= 11 is 6.07. The molecule has 31 heavy (non-hydrogen) atoms. The van der Waals surface area contributed by atoms with Gasteiger partial charge in [0.05, 0.1) is 6.61 Å². The van der Waals surface area contributed by atoms with Crippen LogP contribution in [0.3, 0.4) is 0 Å². The fraction of sp³-hybridized carbons (Fsp3) is 0.208. The molecule has 3 rings (SSSR count). The fourth-order valence-electron chi connectivity index (χ4n) is 2.64. The number of nitrogens with one attached hydrogen (secondary N) is 1. The third kappa shape index (κ3) is 6.91. The first-order valence-corrected chi connectivity index (χ1v) is 10.3. The molecule has 1 amide bonds. The van der Waals surface area contributed by atoms with E-state index < -0.39 is 0 Å². The molecule has 2 aromatic rings. The van der Waals surface area contributed by atoms with Gasteiger partial charge in [0.15, 0.2) is 11.2 Å². The number of fused-ring (bicyclic) bond motifs is 1. The van der Waals surface area contributed by atoms with Crippen molar-refractivity contribution in [2.24, 2.45) is 0 Å². The topological polar surface area (TPSA) is 77.2 Å². The molecule has 2 aromatic heterocycles. The number of oxazole rings is 1. The molecule has 0 bridgehead atoms. The van der Waals surface area contributed by atoms with Crippen LogP contribution in [0.2, 0.25) is 0 Å².